The average molecular weight is 222 g/mol. The molecule has 1 rings (SSSR count). The first-order valence-corrected chi connectivity index (χ1v) is 5.75. The zero-order valence-electron chi connectivity index (χ0n) is 9.72. The highest BCUT2D eigenvalue weighted by atomic mass is 32.2. The molecule has 1 aromatic carbocycles. The third-order valence-electron chi connectivity index (χ3n) is 1.91. The summed E-state index contributed by atoms with van der Waals surface area (Å²) >= 11 is 1.82. The minimum absolute atomic E-state index is 0.139. The summed E-state index contributed by atoms with van der Waals surface area (Å²) in [6, 6.07) is 6.04. The van der Waals surface area contributed by atoms with Crippen LogP contribution in [0.1, 0.15) is 31.9 Å². The zero-order valence-corrected chi connectivity index (χ0v) is 10.5. The van der Waals surface area contributed by atoms with Gasteiger partial charge in [0.05, 0.1) is 0 Å². The highest BCUT2D eigenvalue weighted by Gasteiger charge is 2.12. The largest absolute Gasteiger partial charge is 0.384 e. The van der Waals surface area contributed by atoms with Gasteiger partial charge in [-0.1, -0.05) is 20.8 Å². The van der Waals surface area contributed by atoms with Crippen LogP contribution >= 0.6 is 11.8 Å². The number of benzene rings is 1. The summed E-state index contributed by atoms with van der Waals surface area (Å²) in [5, 5.41) is 7.40. The van der Waals surface area contributed by atoms with E-state index < -0.39 is 0 Å². The van der Waals surface area contributed by atoms with Crippen molar-refractivity contribution in [3.8, 4) is 0 Å². The molecule has 0 bridgehead atoms. The van der Waals surface area contributed by atoms with Crippen molar-refractivity contribution < 1.29 is 0 Å². The summed E-state index contributed by atoms with van der Waals surface area (Å²) in [6.07, 6.45) is 0. The lowest BCUT2D eigenvalue weighted by molar-refractivity contribution is 0.803. The summed E-state index contributed by atoms with van der Waals surface area (Å²) in [5.74, 6) is 0.139. The van der Waals surface area contributed by atoms with Crippen molar-refractivity contribution in [1.82, 2.24) is 0 Å². The molecule has 0 saturated heterocycles. The monoisotopic (exact) mass is 222 g/mol. The molecule has 0 aliphatic carbocycles. The first-order valence-electron chi connectivity index (χ1n) is 4.93. The molecule has 0 spiro atoms. The van der Waals surface area contributed by atoms with E-state index in [9.17, 15) is 0 Å². The zero-order chi connectivity index (χ0) is 11.6. The minimum atomic E-state index is 0.139. The number of amidine groups is 1. The highest BCUT2D eigenvalue weighted by Crippen LogP contribution is 2.32. The molecular weight excluding hydrogens is 204 g/mol. The van der Waals surface area contributed by atoms with Crippen LogP contribution in [0.2, 0.25) is 0 Å². The Morgan fingerprint density at radius 3 is 2.33 bits per heavy atom. The Morgan fingerprint density at radius 1 is 1.33 bits per heavy atom. The smallest absolute Gasteiger partial charge is 0.123 e. The van der Waals surface area contributed by atoms with Gasteiger partial charge in [0.15, 0.2) is 0 Å². The number of rotatable bonds is 2. The van der Waals surface area contributed by atoms with Crippen molar-refractivity contribution in [2.45, 2.75) is 37.3 Å². The van der Waals surface area contributed by atoms with E-state index in [1.54, 1.807) is 0 Å². The summed E-state index contributed by atoms with van der Waals surface area (Å²) in [7, 11) is 0. The van der Waals surface area contributed by atoms with Gasteiger partial charge in [-0.15, -0.1) is 11.8 Å². The van der Waals surface area contributed by atoms with E-state index in [-0.39, 0.29) is 10.6 Å². The molecule has 82 valence electrons. The van der Waals surface area contributed by atoms with Crippen LogP contribution in [0.5, 0.6) is 0 Å². The topological polar surface area (TPSA) is 49.9 Å². The van der Waals surface area contributed by atoms with Crippen LogP contribution in [0.15, 0.2) is 23.1 Å². The predicted octanol–water partition coefficient (Wildman–Crippen LogP) is 3.17. The highest BCUT2D eigenvalue weighted by molar-refractivity contribution is 8.00. The fourth-order valence-electron chi connectivity index (χ4n) is 1.36. The van der Waals surface area contributed by atoms with Crippen molar-refractivity contribution in [3.63, 3.8) is 0 Å². The van der Waals surface area contributed by atoms with Crippen LogP contribution < -0.4 is 5.73 Å². The molecule has 0 aliphatic heterocycles. The van der Waals surface area contributed by atoms with Crippen LogP contribution in [-0.4, -0.2) is 10.6 Å². The minimum Gasteiger partial charge on any atom is -0.384 e. The van der Waals surface area contributed by atoms with Crippen molar-refractivity contribution in [2.24, 2.45) is 5.73 Å². The molecule has 0 aliphatic rings. The van der Waals surface area contributed by atoms with Gasteiger partial charge in [-0.2, -0.15) is 0 Å². The maximum absolute atomic E-state index is 7.40. The van der Waals surface area contributed by atoms with E-state index in [0.717, 1.165) is 11.1 Å². The Bertz CT molecular complexity index is 378. The van der Waals surface area contributed by atoms with Crippen LogP contribution in [-0.2, 0) is 0 Å². The number of nitrogens with two attached hydrogens (primary N) is 1. The normalized spacial score (nSPS) is 11.5. The van der Waals surface area contributed by atoms with Gasteiger partial charge in [0.2, 0.25) is 0 Å². The Labute approximate surface area is 95.8 Å². The summed E-state index contributed by atoms with van der Waals surface area (Å²) in [6.45, 7) is 8.55. The number of nitrogens with one attached hydrogen (secondary N) is 1. The molecule has 0 fully saturated rings. The Balaban J connectivity index is 2.97. The fourth-order valence-corrected chi connectivity index (χ4v) is 2.43. The van der Waals surface area contributed by atoms with Crippen LogP contribution in [0, 0.1) is 12.3 Å². The van der Waals surface area contributed by atoms with Crippen molar-refractivity contribution >= 4 is 17.6 Å². The number of hydrogen-bond acceptors (Lipinski definition) is 2. The second kappa shape index (κ2) is 4.27. The van der Waals surface area contributed by atoms with Gasteiger partial charge in [-0.3, -0.25) is 5.41 Å². The summed E-state index contributed by atoms with van der Waals surface area (Å²) < 4.78 is 0.212. The number of hydrogen-bond donors (Lipinski definition) is 2. The second-order valence-electron chi connectivity index (χ2n) is 4.60. The average Bonchev–Trinajstić information content (AvgIpc) is 1.99. The molecule has 3 N–H and O–H groups in total. The summed E-state index contributed by atoms with van der Waals surface area (Å²) in [5.41, 5.74) is 7.36. The predicted molar refractivity (Wildman–Crippen MR) is 67.8 cm³/mol. The van der Waals surface area contributed by atoms with Gasteiger partial charge in [-0.05, 0) is 30.7 Å². The lowest BCUT2D eigenvalue weighted by Gasteiger charge is -2.18. The molecule has 3 heteroatoms. The quantitative estimate of drug-likeness (QED) is 0.459. The standard InChI is InChI=1S/C12H18N2S/c1-8-7-9(15-12(2,3)4)5-6-10(8)11(13)14/h5-7H,1-4H3,(H3,13,14). The van der Waals surface area contributed by atoms with Crippen LogP contribution in [0.3, 0.4) is 0 Å². The molecule has 0 radical (unpaired) electrons. The third kappa shape index (κ3) is 3.59. The SMILES string of the molecule is Cc1cc(SC(C)(C)C)ccc1C(=N)N. The maximum Gasteiger partial charge on any atom is 0.123 e. The molecule has 0 saturated carbocycles. The summed E-state index contributed by atoms with van der Waals surface area (Å²) in [4.78, 5) is 1.23. The number of nitrogen functional groups attached to an aromatic ring is 1. The van der Waals surface area contributed by atoms with Crippen molar-refractivity contribution in [1.29, 1.82) is 5.41 Å². The van der Waals surface area contributed by atoms with Crippen molar-refractivity contribution in [2.75, 3.05) is 0 Å². The molecule has 0 heterocycles. The molecule has 2 nitrogen and oxygen atoms in total. The van der Waals surface area contributed by atoms with Gasteiger partial charge < -0.3 is 5.73 Å². The van der Waals surface area contributed by atoms with Crippen molar-refractivity contribution in [3.05, 3.63) is 29.3 Å². The molecular formula is C12H18N2S. The van der Waals surface area contributed by atoms with E-state index >= 15 is 0 Å². The van der Waals surface area contributed by atoms with E-state index in [1.807, 2.05) is 30.8 Å². The molecule has 0 amide bonds. The molecule has 1 aromatic rings. The number of aryl methyl sites for hydroxylation is 1. The fraction of sp³-hybridized carbons (Fsp3) is 0.417. The Hall–Kier alpha value is -0.960. The van der Waals surface area contributed by atoms with E-state index in [2.05, 4.69) is 26.8 Å². The van der Waals surface area contributed by atoms with Gasteiger partial charge in [-0.25, -0.2) is 0 Å². The van der Waals surface area contributed by atoms with E-state index in [4.69, 9.17) is 11.1 Å². The molecule has 0 aromatic heterocycles. The van der Waals surface area contributed by atoms with Gasteiger partial charge in [0, 0.05) is 15.2 Å². The van der Waals surface area contributed by atoms with E-state index in [1.165, 1.54) is 4.90 Å². The maximum atomic E-state index is 7.40. The lowest BCUT2D eigenvalue weighted by Crippen LogP contribution is -2.13. The van der Waals surface area contributed by atoms with Gasteiger partial charge in [0.25, 0.3) is 0 Å². The molecule has 0 unspecified atom stereocenters. The van der Waals surface area contributed by atoms with Crippen LogP contribution in [0.4, 0.5) is 0 Å². The van der Waals surface area contributed by atoms with Crippen LogP contribution in [0.25, 0.3) is 0 Å². The third-order valence-corrected chi connectivity index (χ3v) is 3.01. The van der Waals surface area contributed by atoms with Gasteiger partial charge >= 0.3 is 0 Å². The first-order chi connectivity index (χ1) is 6.79. The lowest BCUT2D eigenvalue weighted by atomic mass is 10.1. The number of thioether (sulfide) groups is 1. The van der Waals surface area contributed by atoms with Gasteiger partial charge in [0.1, 0.15) is 5.84 Å². The Kier molecular flexibility index (Phi) is 3.45. The first kappa shape index (κ1) is 12.1. The Morgan fingerprint density at radius 2 is 1.93 bits per heavy atom. The van der Waals surface area contributed by atoms with E-state index in [0.29, 0.717) is 0 Å². The molecule has 15 heavy (non-hydrogen) atoms. The molecule has 0 atom stereocenters. The second-order valence-corrected chi connectivity index (χ2v) is 6.51.